The third-order valence-electron chi connectivity index (χ3n) is 2.08. The lowest BCUT2D eigenvalue weighted by Gasteiger charge is -2.08. The molecule has 0 unspecified atom stereocenters. The molecule has 2 rings (SSSR count). The largest absolute Gasteiger partial charge is 0.433 e. The van der Waals surface area contributed by atoms with Crippen LogP contribution in [0.5, 0.6) is 0 Å². The van der Waals surface area contributed by atoms with E-state index in [-0.39, 0.29) is 5.28 Å². The highest BCUT2D eigenvalue weighted by Crippen LogP contribution is 2.28. The second-order valence-corrected chi connectivity index (χ2v) is 3.59. The average Bonchev–Trinajstić information content (AvgIpc) is 2.58. The minimum absolute atomic E-state index is 0.0732. The molecule has 0 amide bonds. The second kappa shape index (κ2) is 3.99. The van der Waals surface area contributed by atoms with Crippen LogP contribution < -0.4 is 0 Å². The van der Waals surface area contributed by atoms with Gasteiger partial charge >= 0.3 is 6.18 Å². The zero-order valence-corrected chi connectivity index (χ0v) is 9.29. The lowest BCUT2D eigenvalue weighted by atomic mass is 10.3. The summed E-state index contributed by atoms with van der Waals surface area (Å²) in [5.41, 5.74) is -0.575. The van der Waals surface area contributed by atoms with Crippen LogP contribution in [0, 0.1) is 6.92 Å². The summed E-state index contributed by atoms with van der Waals surface area (Å²) < 4.78 is 38.3. The molecule has 4 nitrogen and oxygen atoms in total. The molecule has 0 bridgehead atoms. The number of aromatic nitrogens is 4. The topological polar surface area (TPSA) is 43.6 Å². The number of hydrogen-bond donors (Lipinski definition) is 0. The van der Waals surface area contributed by atoms with Gasteiger partial charge < -0.3 is 0 Å². The Morgan fingerprint density at radius 3 is 2.35 bits per heavy atom. The van der Waals surface area contributed by atoms with E-state index in [0.717, 1.165) is 12.3 Å². The Kier molecular flexibility index (Phi) is 2.78. The van der Waals surface area contributed by atoms with E-state index in [4.69, 9.17) is 11.6 Å². The van der Waals surface area contributed by atoms with Crippen molar-refractivity contribution >= 4 is 11.6 Å². The van der Waals surface area contributed by atoms with Crippen molar-refractivity contribution in [2.75, 3.05) is 0 Å². The molecule has 0 radical (unpaired) electrons. The van der Waals surface area contributed by atoms with Gasteiger partial charge in [0.15, 0.2) is 0 Å². The predicted octanol–water partition coefficient (Wildman–Crippen LogP) is 2.64. The van der Waals surface area contributed by atoms with E-state index >= 15 is 0 Å². The van der Waals surface area contributed by atoms with Crippen LogP contribution in [-0.2, 0) is 6.18 Å². The number of nitrogens with zero attached hydrogens (tertiary/aromatic N) is 4. The fourth-order valence-corrected chi connectivity index (χ4v) is 1.57. The first-order chi connectivity index (χ1) is 7.89. The van der Waals surface area contributed by atoms with Crippen molar-refractivity contribution in [1.82, 2.24) is 19.7 Å². The van der Waals surface area contributed by atoms with Gasteiger partial charge in [0.2, 0.25) is 5.28 Å². The molecule has 0 saturated heterocycles. The number of aryl methyl sites for hydroxylation is 1. The summed E-state index contributed by atoms with van der Waals surface area (Å²) in [5, 5.41) is 7.36. The summed E-state index contributed by atoms with van der Waals surface area (Å²) in [6.07, 6.45) is -3.38. The lowest BCUT2D eigenvalue weighted by Crippen LogP contribution is -2.08. The summed E-state index contributed by atoms with van der Waals surface area (Å²) in [6, 6.07) is 2.14. The molecule has 0 spiro atoms. The highest BCUT2D eigenvalue weighted by molar-refractivity contribution is 6.28. The minimum atomic E-state index is -4.45. The van der Waals surface area contributed by atoms with Gasteiger partial charge in [-0.25, -0.2) is 4.98 Å². The molecular weight excluding hydrogens is 257 g/mol. The summed E-state index contributed by atoms with van der Waals surface area (Å²) in [4.78, 5) is 3.33. The first-order valence-corrected chi connectivity index (χ1v) is 4.88. The molecule has 0 aromatic carbocycles. The third kappa shape index (κ3) is 2.23. The molecule has 0 aliphatic carbocycles. The Labute approximate surface area is 99.1 Å². The number of alkyl halides is 3. The van der Waals surface area contributed by atoms with Gasteiger partial charge in [-0.2, -0.15) is 13.2 Å². The molecule has 90 valence electrons. The number of pyridine rings is 1. The molecule has 8 heteroatoms. The van der Waals surface area contributed by atoms with Crippen molar-refractivity contribution in [3.8, 4) is 5.69 Å². The van der Waals surface area contributed by atoms with E-state index in [0.29, 0.717) is 11.5 Å². The Morgan fingerprint density at radius 2 is 1.94 bits per heavy atom. The molecule has 0 atom stereocenters. The maximum absolute atomic E-state index is 12.3. The zero-order chi connectivity index (χ0) is 12.6. The quantitative estimate of drug-likeness (QED) is 0.793. The molecule has 0 N–H and O–H groups in total. The fourth-order valence-electron chi connectivity index (χ4n) is 1.32. The fraction of sp³-hybridized carbons (Fsp3) is 0.222. The van der Waals surface area contributed by atoms with Gasteiger partial charge in [-0.1, -0.05) is 0 Å². The van der Waals surface area contributed by atoms with Gasteiger partial charge in [-0.15, -0.1) is 10.2 Å². The molecule has 0 saturated carbocycles. The van der Waals surface area contributed by atoms with Gasteiger partial charge in [0.05, 0.1) is 11.9 Å². The lowest BCUT2D eigenvalue weighted by molar-refractivity contribution is -0.141. The van der Waals surface area contributed by atoms with Gasteiger partial charge in [0, 0.05) is 0 Å². The van der Waals surface area contributed by atoms with Gasteiger partial charge in [-0.3, -0.25) is 4.57 Å². The first-order valence-electron chi connectivity index (χ1n) is 4.51. The number of halogens is 4. The maximum atomic E-state index is 12.3. The van der Waals surface area contributed by atoms with Crippen LogP contribution in [0.25, 0.3) is 5.69 Å². The summed E-state index contributed by atoms with van der Waals surface area (Å²) in [7, 11) is 0. The third-order valence-corrected chi connectivity index (χ3v) is 2.33. The van der Waals surface area contributed by atoms with Crippen LogP contribution in [0.15, 0.2) is 18.3 Å². The van der Waals surface area contributed by atoms with Gasteiger partial charge in [0.1, 0.15) is 11.5 Å². The van der Waals surface area contributed by atoms with Crippen molar-refractivity contribution in [2.24, 2.45) is 0 Å². The van der Waals surface area contributed by atoms with Crippen LogP contribution in [0.4, 0.5) is 13.2 Å². The van der Waals surface area contributed by atoms with E-state index in [9.17, 15) is 13.2 Å². The number of rotatable bonds is 1. The summed E-state index contributed by atoms with van der Waals surface area (Å²) in [6.45, 7) is 1.64. The van der Waals surface area contributed by atoms with Crippen LogP contribution >= 0.6 is 11.6 Å². The average molecular weight is 263 g/mol. The highest BCUT2D eigenvalue weighted by atomic mass is 35.5. The van der Waals surface area contributed by atoms with Crippen molar-refractivity contribution in [3.63, 3.8) is 0 Å². The zero-order valence-electron chi connectivity index (χ0n) is 8.53. The standard InChI is InChI=1S/C9H6ClF3N4/c1-5-15-16-8(10)17(5)6-2-3-7(14-4-6)9(11,12)13/h2-4H,1H3. The van der Waals surface area contributed by atoms with Crippen LogP contribution in [-0.4, -0.2) is 19.7 Å². The molecule has 17 heavy (non-hydrogen) atoms. The van der Waals surface area contributed by atoms with E-state index in [1.807, 2.05) is 0 Å². The van der Waals surface area contributed by atoms with E-state index < -0.39 is 11.9 Å². The normalized spacial score (nSPS) is 11.8. The van der Waals surface area contributed by atoms with Crippen LogP contribution in [0.2, 0.25) is 5.28 Å². The molecule has 2 heterocycles. The first kappa shape index (κ1) is 11.8. The van der Waals surface area contributed by atoms with E-state index in [1.165, 1.54) is 10.6 Å². The van der Waals surface area contributed by atoms with Crippen LogP contribution in [0.3, 0.4) is 0 Å². The molecule has 0 fully saturated rings. The molecular formula is C9H6ClF3N4. The Morgan fingerprint density at radius 1 is 1.24 bits per heavy atom. The maximum Gasteiger partial charge on any atom is 0.433 e. The minimum Gasteiger partial charge on any atom is -0.268 e. The monoisotopic (exact) mass is 262 g/mol. The Balaban J connectivity index is 2.43. The molecule has 2 aromatic rings. The Bertz CT molecular complexity index is 513. The predicted molar refractivity (Wildman–Crippen MR) is 53.9 cm³/mol. The summed E-state index contributed by atoms with van der Waals surface area (Å²) >= 11 is 5.75. The smallest absolute Gasteiger partial charge is 0.268 e. The number of hydrogen-bond acceptors (Lipinski definition) is 3. The SMILES string of the molecule is Cc1nnc(Cl)n1-c1ccc(C(F)(F)F)nc1. The molecule has 0 aliphatic heterocycles. The van der Waals surface area contributed by atoms with Gasteiger partial charge in [-0.05, 0) is 30.7 Å². The summed E-state index contributed by atoms with van der Waals surface area (Å²) in [5.74, 6) is 0.469. The Hall–Kier alpha value is -1.63. The van der Waals surface area contributed by atoms with E-state index in [1.54, 1.807) is 6.92 Å². The second-order valence-electron chi connectivity index (χ2n) is 3.25. The highest BCUT2D eigenvalue weighted by Gasteiger charge is 2.32. The van der Waals surface area contributed by atoms with Crippen LogP contribution in [0.1, 0.15) is 11.5 Å². The van der Waals surface area contributed by atoms with Crippen molar-refractivity contribution in [2.45, 2.75) is 13.1 Å². The van der Waals surface area contributed by atoms with Crippen molar-refractivity contribution in [1.29, 1.82) is 0 Å². The van der Waals surface area contributed by atoms with Gasteiger partial charge in [0.25, 0.3) is 0 Å². The molecule has 2 aromatic heterocycles. The molecule has 0 aliphatic rings. The van der Waals surface area contributed by atoms with E-state index in [2.05, 4.69) is 15.2 Å². The van der Waals surface area contributed by atoms with Crippen molar-refractivity contribution < 1.29 is 13.2 Å². The van der Waals surface area contributed by atoms with Crippen molar-refractivity contribution in [3.05, 3.63) is 35.1 Å².